The molecule has 0 saturated heterocycles. The molecule has 0 bridgehead atoms. The van der Waals surface area contributed by atoms with Crippen molar-refractivity contribution >= 4 is 28.8 Å². The molecule has 0 spiro atoms. The highest BCUT2D eigenvalue weighted by atomic mass is 35.5. The van der Waals surface area contributed by atoms with E-state index in [0.29, 0.717) is 16.5 Å². The lowest BCUT2D eigenvalue weighted by Gasteiger charge is -2.14. The van der Waals surface area contributed by atoms with Crippen molar-refractivity contribution in [2.24, 2.45) is 5.73 Å². The lowest BCUT2D eigenvalue weighted by atomic mass is 10.1. The molecule has 1 heterocycles. The number of nitrogens with zero attached hydrogens (tertiary/aromatic N) is 1. The smallest absolute Gasteiger partial charge is 0.156 e. The van der Waals surface area contributed by atoms with Gasteiger partial charge in [-0.25, -0.2) is 4.98 Å². The summed E-state index contributed by atoms with van der Waals surface area (Å²) in [5.74, 6) is 1.29. The number of benzene rings is 1. The molecule has 0 aliphatic rings. The van der Waals surface area contributed by atoms with Gasteiger partial charge in [0, 0.05) is 11.2 Å². The molecule has 0 unspecified atom stereocenters. The molecule has 0 atom stereocenters. The van der Waals surface area contributed by atoms with Gasteiger partial charge in [-0.15, -0.1) is 0 Å². The minimum Gasteiger partial charge on any atom is -0.454 e. The standard InChI is InChI=1S/C14H13ClN2OS/c1-8-6-10(15)7-9(2)13(8)18-11-4-3-5-17-12(11)14(16)19/h3-7H,1-2H3,(H2,16,19). The maximum absolute atomic E-state index is 6.00. The topological polar surface area (TPSA) is 48.1 Å². The zero-order chi connectivity index (χ0) is 14.0. The molecule has 1 aromatic carbocycles. The van der Waals surface area contributed by atoms with Crippen LogP contribution in [0.2, 0.25) is 5.02 Å². The van der Waals surface area contributed by atoms with E-state index in [1.165, 1.54) is 0 Å². The molecule has 2 N–H and O–H groups in total. The molecule has 0 saturated carbocycles. The largest absolute Gasteiger partial charge is 0.454 e. The third-order valence-corrected chi connectivity index (χ3v) is 3.05. The second-order valence-corrected chi connectivity index (χ2v) is 5.06. The van der Waals surface area contributed by atoms with Crippen LogP contribution in [-0.4, -0.2) is 9.97 Å². The average molecular weight is 293 g/mol. The molecule has 0 radical (unpaired) electrons. The van der Waals surface area contributed by atoms with Crippen molar-refractivity contribution in [3.63, 3.8) is 0 Å². The van der Waals surface area contributed by atoms with Crippen LogP contribution >= 0.6 is 23.8 Å². The van der Waals surface area contributed by atoms with E-state index in [2.05, 4.69) is 4.98 Å². The number of halogens is 1. The van der Waals surface area contributed by atoms with E-state index in [1.54, 1.807) is 18.3 Å². The predicted molar refractivity (Wildman–Crippen MR) is 81.1 cm³/mol. The van der Waals surface area contributed by atoms with Crippen molar-refractivity contribution < 1.29 is 4.74 Å². The van der Waals surface area contributed by atoms with E-state index in [9.17, 15) is 0 Å². The van der Waals surface area contributed by atoms with Crippen LogP contribution in [0.25, 0.3) is 0 Å². The molecular weight excluding hydrogens is 280 g/mol. The molecule has 2 aromatic rings. The number of nitrogens with two attached hydrogens (primary N) is 1. The summed E-state index contributed by atoms with van der Waals surface area (Å²) in [5.41, 5.74) is 8.01. The minimum absolute atomic E-state index is 0.208. The SMILES string of the molecule is Cc1cc(Cl)cc(C)c1Oc1cccnc1C(N)=S. The normalized spacial score (nSPS) is 10.3. The number of hydrogen-bond donors (Lipinski definition) is 1. The number of thiocarbonyl (C=S) groups is 1. The number of pyridine rings is 1. The first-order valence-corrected chi connectivity index (χ1v) is 6.47. The maximum Gasteiger partial charge on any atom is 0.156 e. The first-order chi connectivity index (χ1) is 8.99. The van der Waals surface area contributed by atoms with Crippen LogP contribution in [0.15, 0.2) is 30.5 Å². The number of aryl methyl sites for hydroxylation is 2. The Morgan fingerprint density at radius 1 is 1.32 bits per heavy atom. The molecule has 0 aliphatic carbocycles. The lowest BCUT2D eigenvalue weighted by Crippen LogP contribution is -2.12. The van der Waals surface area contributed by atoms with E-state index in [-0.39, 0.29) is 4.99 Å². The number of aromatic nitrogens is 1. The Kier molecular flexibility index (Phi) is 4.02. The lowest BCUT2D eigenvalue weighted by molar-refractivity contribution is 0.472. The maximum atomic E-state index is 6.00. The summed E-state index contributed by atoms with van der Waals surface area (Å²) in [7, 11) is 0. The summed E-state index contributed by atoms with van der Waals surface area (Å²) in [4.78, 5) is 4.34. The molecule has 1 aromatic heterocycles. The first-order valence-electron chi connectivity index (χ1n) is 5.68. The van der Waals surface area contributed by atoms with Crippen LogP contribution in [0.4, 0.5) is 0 Å². The summed E-state index contributed by atoms with van der Waals surface area (Å²) in [5, 5.41) is 0.683. The van der Waals surface area contributed by atoms with Gasteiger partial charge in [0.15, 0.2) is 5.75 Å². The fourth-order valence-electron chi connectivity index (χ4n) is 1.83. The average Bonchev–Trinajstić information content (AvgIpc) is 2.34. The number of rotatable bonds is 3. The van der Waals surface area contributed by atoms with Crippen LogP contribution in [0, 0.1) is 13.8 Å². The number of ether oxygens (including phenoxy) is 1. The third kappa shape index (κ3) is 3.03. The molecule has 0 amide bonds. The Hall–Kier alpha value is -1.65. The van der Waals surface area contributed by atoms with Crippen molar-refractivity contribution in [3.05, 3.63) is 52.3 Å². The quantitative estimate of drug-likeness (QED) is 0.875. The van der Waals surface area contributed by atoms with Crippen LogP contribution in [0.3, 0.4) is 0 Å². The van der Waals surface area contributed by atoms with Gasteiger partial charge in [0.05, 0.1) is 0 Å². The van der Waals surface area contributed by atoms with Crippen molar-refractivity contribution in [2.45, 2.75) is 13.8 Å². The Balaban J connectivity index is 2.45. The fourth-order valence-corrected chi connectivity index (χ4v) is 2.31. The minimum atomic E-state index is 0.208. The Bertz CT molecular complexity index is 620. The van der Waals surface area contributed by atoms with Gasteiger partial charge in [-0.05, 0) is 49.2 Å². The summed E-state index contributed by atoms with van der Waals surface area (Å²) >= 11 is 11.0. The zero-order valence-corrected chi connectivity index (χ0v) is 12.2. The van der Waals surface area contributed by atoms with Gasteiger partial charge in [0.25, 0.3) is 0 Å². The van der Waals surface area contributed by atoms with Gasteiger partial charge < -0.3 is 10.5 Å². The third-order valence-electron chi connectivity index (χ3n) is 2.64. The summed E-state index contributed by atoms with van der Waals surface area (Å²) in [6.07, 6.45) is 1.63. The van der Waals surface area contributed by atoms with Gasteiger partial charge in [-0.3, -0.25) is 0 Å². The van der Waals surface area contributed by atoms with E-state index in [4.69, 9.17) is 34.3 Å². The van der Waals surface area contributed by atoms with Gasteiger partial charge in [-0.2, -0.15) is 0 Å². The molecule has 5 heteroatoms. The van der Waals surface area contributed by atoms with Crippen LogP contribution in [0.1, 0.15) is 16.8 Å². The molecule has 0 aliphatic heterocycles. The van der Waals surface area contributed by atoms with Gasteiger partial charge in [0.2, 0.25) is 0 Å². The summed E-state index contributed by atoms with van der Waals surface area (Å²) in [6.45, 7) is 3.87. The Morgan fingerprint density at radius 2 is 1.95 bits per heavy atom. The number of hydrogen-bond acceptors (Lipinski definition) is 3. The van der Waals surface area contributed by atoms with Gasteiger partial charge in [-0.1, -0.05) is 23.8 Å². The molecule has 3 nitrogen and oxygen atoms in total. The zero-order valence-electron chi connectivity index (χ0n) is 10.6. The highest BCUT2D eigenvalue weighted by molar-refractivity contribution is 7.80. The van der Waals surface area contributed by atoms with E-state index in [0.717, 1.165) is 16.9 Å². The van der Waals surface area contributed by atoms with Crippen molar-refractivity contribution in [1.29, 1.82) is 0 Å². The van der Waals surface area contributed by atoms with Crippen LogP contribution in [0.5, 0.6) is 11.5 Å². The highest BCUT2D eigenvalue weighted by Crippen LogP contribution is 2.32. The first kappa shape index (κ1) is 13.8. The molecular formula is C14H13ClN2OS. The second kappa shape index (κ2) is 5.55. The molecule has 19 heavy (non-hydrogen) atoms. The van der Waals surface area contributed by atoms with E-state index < -0.39 is 0 Å². The fraction of sp³-hybridized carbons (Fsp3) is 0.143. The second-order valence-electron chi connectivity index (χ2n) is 4.19. The van der Waals surface area contributed by atoms with Gasteiger partial charge >= 0.3 is 0 Å². The van der Waals surface area contributed by atoms with Crippen molar-refractivity contribution in [1.82, 2.24) is 4.98 Å². The Morgan fingerprint density at radius 3 is 2.53 bits per heavy atom. The Labute approximate surface area is 122 Å². The summed E-state index contributed by atoms with van der Waals surface area (Å²) < 4.78 is 5.90. The molecule has 2 rings (SSSR count). The van der Waals surface area contributed by atoms with Crippen molar-refractivity contribution in [3.8, 4) is 11.5 Å². The van der Waals surface area contributed by atoms with E-state index >= 15 is 0 Å². The highest BCUT2D eigenvalue weighted by Gasteiger charge is 2.12. The molecule has 0 fully saturated rings. The van der Waals surface area contributed by atoms with Crippen LogP contribution in [-0.2, 0) is 0 Å². The van der Waals surface area contributed by atoms with Crippen molar-refractivity contribution in [2.75, 3.05) is 0 Å². The van der Waals surface area contributed by atoms with Gasteiger partial charge in [0.1, 0.15) is 16.4 Å². The predicted octanol–water partition coefficient (Wildman–Crippen LogP) is 3.78. The van der Waals surface area contributed by atoms with Crippen LogP contribution < -0.4 is 10.5 Å². The van der Waals surface area contributed by atoms with E-state index in [1.807, 2.05) is 26.0 Å². The molecule has 98 valence electrons. The monoisotopic (exact) mass is 292 g/mol. The summed E-state index contributed by atoms with van der Waals surface area (Å²) in [6, 6.07) is 7.26.